The second kappa shape index (κ2) is 4.47. The quantitative estimate of drug-likeness (QED) is 0.874. The Kier molecular flexibility index (Phi) is 3.01. The lowest BCUT2D eigenvalue weighted by Gasteiger charge is -2.41. The van der Waals surface area contributed by atoms with Crippen LogP contribution in [0.5, 0.6) is 0 Å². The summed E-state index contributed by atoms with van der Waals surface area (Å²) in [5.41, 5.74) is 5.96. The molecule has 1 aliphatic carbocycles. The van der Waals surface area contributed by atoms with Crippen LogP contribution in [0.4, 0.5) is 0 Å². The van der Waals surface area contributed by atoms with Crippen LogP contribution in [0, 0.1) is 5.92 Å². The zero-order valence-corrected chi connectivity index (χ0v) is 10.5. The van der Waals surface area contributed by atoms with Crippen molar-refractivity contribution in [3.63, 3.8) is 0 Å². The Morgan fingerprint density at radius 1 is 1.38 bits per heavy atom. The third kappa shape index (κ3) is 1.92. The van der Waals surface area contributed by atoms with Crippen molar-refractivity contribution in [2.75, 3.05) is 13.1 Å². The van der Waals surface area contributed by atoms with Crippen LogP contribution < -0.4 is 5.73 Å². The van der Waals surface area contributed by atoms with Gasteiger partial charge < -0.3 is 5.73 Å². The summed E-state index contributed by atoms with van der Waals surface area (Å²) in [5, 5.41) is 2.20. The number of likely N-dealkylation sites (tertiary alicyclic amines) is 1. The van der Waals surface area contributed by atoms with Crippen molar-refractivity contribution in [3.8, 4) is 0 Å². The number of hydrogen-bond acceptors (Lipinski definition) is 3. The predicted molar refractivity (Wildman–Crippen MR) is 68.6 cm³/mol. The molecule has 0 amide bonds. The van der Waals surface area contributed by atoms with E-state index in [2.05, 4.69) is 22.4 Å². The molecule has 0 spiro atoms. The second-order valence-corrected chi connectivity index (χ2v) is 6.05. The van der Waals surface area contributed by atoms with Crippen LogP contribution in [0.25, 0.3) is 0 Å². The summed E-state index contributed by atoms with van der Waals surface area (Å²) in [6, 6.07) is 5.94. The third-order valence-electron chi connectivity index (χ3n) is 3.95. The molecular weight excluding hydrogens is 216 g/mol. The van der Waals surface area contributed by atoms with E-state index in [1.807, 2.05) is 11.3 Å². The molecule has 2 heterocycles. The first kappa shape index (κ1) is 10.8. The van der Waals surface area contributed by atoms with Crippen LogP contribution in [-0.4, -0.2) is 24.0 Å². The van der Waals surface area contributed by atoms with E-state index in [-0.39, 0.29) is 0 Å². The fourth-order valence-electron chi connectivity index (χ4n) is 3.02. The first-order valence-corrected chi connectivity index (χ1v) is 7.27. The summed E-state index contributed by atoms with van der Waals surface area (Å²) >= 11 is 1.90. The molecule has 2 unspecified atom stereocenters. The number of nitrogens with two attached hydrogens (primary N) is 1. The van der Waals surface area contributed by atoms with Gasteiger partial charge in [0.15, 0.2) is 0 Å². The Morgan fingerprint density at radius 3 is 2.88 bits per heavy atom. The van der Waals surface area contributed by atoms with E-state index < -0.39 is 0 Å². The molecule has 1 saturated carbocycles. The number of rotatable bonds is 3. The van der Waals surface area contributed by atoms with Gasteiger partial charge in [-0.25, -0.2) is 0 Å². The summed E-state index contributed by atoms with van der Waals surface area (Å²) in [6.07, 6.45) is 5.45. The average Bonchev–Trinajstić information content (AvgIpc) is 3.04. The van der Waals surface area contributed by atoms with Crippen molar-refractivity contribution in [3.05, 3.63) is 22.4 Å². The molecule has 0 radical (unpaired) electrons. The van der Waals surface area contributed by atoms with Crippen LogP contribution in [0.15, 0.2) is 17.5 Å². The molecule has 2 fully saturated rings. The minimum absolute atomic E-state index is 0.617. The highest BCUT2D eigenvalue weighted by atomic mass is 32.1. The summed E-state index contributed by atoms with van der Waals surface area (Å²) in [5.74, 6) is 0.674. The van der Waals surface area contributed by atoms with Crippen LogP contribution in [0.1, 0.15) is 36.6 Å². The van der Waals surface area contributed by atoms with Gasteiger partial charge in [0.2, 0.25) is 0 Å². The maximum atomic E-state index is 5.96. The highest BCUT2D eigenvalue weighted by Crippen LogP contribution is 2.43. The molecule has 3 rings (SSSR count). The van der Waals surface area contributed by atoms with Gasteiger partial charge in [0.1, 0.15) is 0 Å². The van der Waals surface area contributed by atoms with Crippen molar-refractivity contribution >= 4 is 11.3 Å². The maximum Gasteiger partial charge on any atom is 0.0484 e. The van der Waals surface area contributed by atoms with Crippen molar-refractivity contribution < 1.29 is 0 Å². The largest absolute Gasteiger partial charge is 0.330 e. The molecule has 1 aromatic rings. The van der Waals surface area contributed by atoms with E-state index in [4.69, 9.17) is 5.73 Å². The lowest BCUT2D eigenvalue weighted by Crippen LogP contribution is -2.42. The van der Waals surface area contributed by atoms with Crippen molar-refractivity contribution in [1.29, 1.82) is 0 Å². The highest BCUT2D eigenvalue weighted by Gasteiger charge is 2.40. The number of piperidine rings is 1. The first-order chi connectivity index (χ1) is 7.90. The molecule has 2 nitrogen and oxygen atoms in total. The Bertz CT molecular complexity index is 332. The molecule has 1 aliphatic heterocycles. The number of nitrogens with zero attached hydrogens (tertiary/aromatic N) is 1. The minimum Gasteiger partial charge on any atom is -0.330 e. The number of hydrogen-bond donors (Lipinski definition) is 1. The smallest absolute Gasteiger partial charge is 0.0484 e. The van der Waals surface area contributed by atoms with Gasteiger partial charge in [-0.3, -0.25) is 4.90 Å². The molecule has 0 aromatic carbocycles. The van der Waals surface area contributed by atoms with E-state index in [1.165, 1.54) is 37.1 Å². The van der Waals surface area contributed by atoms with Gasteiger partial charge in [0.05, 0.1) is 0 Å². The van der Waals surface area contributed by atoms with Crippen LogP contribution >= 0.6 is 11.3 Å². The highest BCUT2D eigenvalue weighted by molar-refractivity contribution is 7.10. The van der Waals surface area contributed by atoms with Crippen molar-refractivity contribution in [2.45, 2.75) is 37.8 Å². The van der Waals surface area contributed by atoms with Gasteiger partial charge in [-0.15, -0.1) is 11.3 Å². The zero-order valence-electron chi connectivity index (χ0n) is 9.64. The monoisotopic (exact) mass is 236 g/mol. The number of thiophene rings is 1. The summed E-state index contributed by atoms with van der Waals surface area (Å²) < 4.78 is 0. The Balaban J connectivity index is 1.86. The topological polar surface area (TPSA) is 29.3 Å². The third-order valence-corrected chi connectivity index (χ3v) is 4.89. The van der Waals surface area contributed by atoms with Gasteiger partial charge in [-0.05, 0) is 56.1 Å². The van der Waals surface area contributed by atoms with Gasteiger partial charge in [0, 0.05) is 17.0 Å². The Morgan fingerprint density at radius 2 is 2.25 bits per heavy atom. The van der Waals surface area contributed by atoms with E-state index in [9.17, 15) is 0 Å². The lowest BCUT2D eigenvalue weighted by atomic mass is 9.88. The molecule has 0 bridgehead atoms. The minimum atomic E-state index is 0.617. The van der Waals surface area contributed by atoms with E-state index in [0.29, 0.717) is 12.0 Å². The first-order valence-electron chi connectivity index (χ1n) is 6.39. The Labute approximate surface area is 101 Å². The van der Waals surface area contributed by atoms with Gasteiger partial charge in [-0.2, -0.15) is 0 Å². The molecule has 1 saturated heterocycles. The molecule has 2 aliphatic rings. The van der Waals surface area contributed by atoms with Gasteiger partial charge in [0.25, 0.3) is 0 Å². The average molecular weight is 236 g/mol. The van der Waals surface area contributed by atoms with Crippen LogP contribution in [0.2, 0.25) is 0 Å². The Hall–Kier alpha value is -0.380. The summed E-state index contributed by atoms with van der Waals surface area (Å²) in [6.45, 7) is 2.12. The second-order valence-electron chi connectivity index (χ2n) is 5.07. The van der Waals surface area contributed by atoms with Crippen LogP contribution in [0.3, 0.4) is 0 Å². The predicted octanol–water partition coefficient (Wildman–Crippen LogP) is 2.62. The van der Waals surface area contributed by atoms with Crippen molar-refractivity contribution in [1.82, 2.24) is 4.90 Å². The normalized spacial score (nSPS) is 31.8. The molecule has 2 N–H and O–H groups in total. The summed E-state index contributed by atoms with van der Waals surface area (Å²) in [4.78, 5) is 4.26. The molecule has 2 atom stereocenters. The van der Waals surface area contributed by atoms with Crippen molar-refractivity contribution in [2.24, 2.45) is 11.7 Å². The maximum absolute atomic E-state index is 5.96. The zero-order chi connectivity index (χ0) is 11.0. The van der Waals surface area contributed by atoms with E-state index >= 15 is 0 Å². The standard InChI is InChI=1S/C13H20N2S/c14-9-10-3-1-7-15(11-5-6-11)13(10)12-4-2-8-16-12/h2,4,8,10-11,13H,1,3,5-7,9,14H2. The molecule has 3 heteroatoms. The molecule has 16 heavy (non-hydrogen) atoms. The summed E-state index contributed by atoms with van der Waals surface area (Å²) in [7, 11) is 0. The molecule has 88 valence electrons. The van der Waals surface area contributed by atoms with E-state index in [1.54, 1.807) is 0 Å². The van der Waals surface area contributed by atoms with E-state index in [0.717, 1.165) is 12.6 Å². The lowest BCUT2D eigenvalue weighted by molar-refractivity contribution is 0.0904. The molecular formula is C13H20N2S. The fraction of sp³-hybridized carbons (Fsp3) is 0.692. The molecule has 1 aromatic heterocycles. The van der Waals surface area contributed by atoms with Gasteiger partial charge in [-0.1, -0.05) is 6.07 Å². The fourth-order valence-corrected chi connectivity index (χ4v) is 3.96. The SMILES string of the molecule is NCC1CCCN(C2CC2)C1c1cccs1. The van der Waals surface area contributed by atoms with Crippen LogP contribution in [-0.2, 0) is 0 Å². The van der Waals surface area contributed by atoms with Gasteiger partial charge >= 0.3 is 0 Å².